The summed E-state index contributed by atoms with van der Waals surface area (Å²) in [6.45, 7) is 1.43. The highest BCUT2D eigenvalue weighted by Gasteiger charge is 2.26. The molecule has 13 heteroatoms. The highest BCUT2D eigenvalue weighted by Crippen LogP contribution is 2.23. The number of sulfonamides is 1. The molecule has 2 aromatic rings. The number of hydrazine groups is 1. The van der Waals surface area contributed by atoms with Crippen molar-refractivity contribution in [1.29, 1.82) is 0 Å². The lowest BCUT2D eigenvalue weighted by Crippen LogP contribution is -2.55. The van der Waals surface area contributed by atoms with Crippen molar-refractivity contribution in [3.63, 3.8) is 0 Å². The third-order valence-corrected chi connectivity index (χ3v) is 5.24. The third kappa shape index (κ3) is 8.69. The Morgan fingerprint density at radius 3 is 2.33 bits per heavy atom. The molecule has 0 bridgehead atoms. The van der Waals surface area contributed by atoms with Crippen LogP contribution in [0.1, 0.15) is 12.5 Å². The smallest absolute Gasteiger partial charge is 0.250 e. The normalized spacial score (nSPS) is 13.6. The van der Waals surface area contributed by atoms with E-state index in [2.05, 4.69) is 15.7 Å². The number of hydrogen-bond acceptors (Lipinski definition) is 8. The van der Waals surface area contributed by atoms with Crippen LogP contribution in [-0.4, -0.2) is 44.5 Å². The highest BCUT2D eigenvalue weighted by molar-refractivity contribution is 7.89. The molecular formula is C20H26ClN7O4S. The van der Waals surface area contributed by atoms with Crippen molar-refractivity contribution in [2.45, 2.75) is 25.4 Å². The Hall–Kier alpha value is -3.19. The molecule has 0 saturated carbocycles. The largest absolute Gasteiger partial charge is 0.368 e. The lowest BCUT2D eigenvalue weighted by Gasteiger charge is -2.22. The van der Waals surface area contributed by atoms with E-state index in [1.807, 2.05) is 52.7 Å². The summed E-state index contributed by atoms with van der Waals surface area (Å²) in [7, 11) is -3.75. The number of hydrogen-bond donors (Lipinski definition) is 6. The fraction of sp³-hybridized carbons (Fsp3) is 0.250. The summed E-state index contributed by atoms with van der Waals surface area (Å²) in [6, 6.07) is 12.9. The van der Waals surface area contributed by atoms with Crippen molar-refractivity contribution in [2.24, 2.45) is 16.7 Å². The maximum Gasteiger partial charge on any atom is 0.250 e. The van der Waals surface area contributed by atoms with Gasteiger partial charge in [0.2, 0.25) is 27.8 Å². The summed E-state index contributed by atoms with van der Waals surface area (Å²) in [5.41, 5.74) is 10.2. The molecule has 0 fully saturated rings. The zero-order valence-electron chi connectivity index (χ0n) is 18.0. The third-order valence-electron chi connectivity index (χ3n) is 4.43. The van der Waals surface area contributed by atoms with Crippen LogP contribution >= 0.6 is 11.6 Å². The molecule has 0 spiro atoms. The Morgan fingerprint density at radius 1 is 1.09 bits per heavy atom. The summed E-state index contributed by atoms with van der Waals surface area (Å²) >= 11 is 6.05. The molecule has 2 amide bonds. The Bertz CT molecular complexity index is 1120. The molecule has 0 aliphatic rings. The molecule has 2 aromatic carbocycles. The summed E-state index contributed by atoms with van der Waals surface area (Å²) in [5, 5.41) is 9.25. The van der Waals surface area contributed by atoms with Crippen LogP contribution in [0.2, 0.25) is 5.02 Å². The van der Waals surface area contributed by atoms with E-state index in [0.29, 0.717) is 5.02 Å². The van der Waals surface area contributed by atoms with Gasteiger partial charge >= 0.3 is 0 Å². The number of hydrazone groups is 1. The maximum absolute atomic E-state index is 12.7. The van der Waals surface area contributed by atoms with Crippen LogP contribution in [0.25, 0.3) is 11.1 Å². The molecule has 0 saturated heterocycles. The number of halogens is 1. The number of benzene rings is 2. The molecule has 0 aromatic heterocycles. The van der Waals surface area contributed by atoms with Crippen LogP contribution in [0.3, 0.4) is 0 Å². The predicted molar refractivity (Wildman–Crippen MR) is 127 cm³/mol. The number of amides is 2. The van der Waals surface area contributed by atoms with E-state index in [0.717, 1.165) is 22.9 Å². The zero-order valence-corrected chi connectivity index (χ0v) is 19.6. The van der Waals surface area contributed by atoms with Gasteiger partial charge in [-0.25, -0.2) is 19.8 Å². The first-order chi connectivity index (χ1) is 15.5. The van der Waals surface area contributed by atoms with E-state index in [1.165, 1.54) is 6.92 Å². The van der Waals surface area contributed by atoms with E-state index in [4.69, 9.17) is 23.2 Å². The average molecular weight is 496 g/mol. The predicted octanol–water partition coefficient (Wildman–Crippen LogP) is -0.219. The molecule has 33 heavy (non-hydrogen) atoms. The van der Waals surface area contributed by atoms with Crippen molar-refractivity contribution < 1.29 is 18.0 Å². The monoisotopic (exact) mass is 495 g/mol. The van der Waals surface area contributed by atoms with Gasteiger partial charge in [0.15, 0.2) is 0 Å². The summed E-state index contributed by atoms with van der Waals surface area (Å²) in [4.78, 5) is 24.9. The Morgan fingerprint density at radius 2 is 1.76 bits per heavy atom. The number of nitrogens with zero attached hydrogens (tertiary/aromatic N) is 1. The number of carbonyl (C=O) groups excluding carboxylic acids is 2. The SMILES string of the molecule is C[C@H](N[C@@H](Cc1ccc(-c2cccc(Cl)c2)cc1)C(=O)N/C(N)=N/NN)C(=O)NS(C)(=O)=O. The Balaban J connectivity index is 2.21. The number of nitrogens with one attached hydrogen (secondary N) is 4. The van der Waals surface area contributed by atoms with Gasteiger partial charge in [0.05, 0.1) is 18.3 Å². The van der Waals surface area contributed by atoms with Gasteiger partial charge in [-0.3, -0.25) is 24.9 Å². The molecule has 0 radical (unpaired) electrons. The van der Waals surface area contributed by atoms with Crippen LogP contribution in [0.4, 0.5) is 0 Å². The Kier molecular flexibility index (Phi) is 9.17. The summed E-state index contributed by atoms with van der Waals surface area (Å²) in [5.74, 6) is 3.37. The molecule has 0 unspecified atom stereocenters. The molecule has 0 aliphatic heterocycles. The number of rotatable bonds is 9. The maximum atomic E-state index is 12.7. The van der Waals surface area contributed by atoms with Crippen LogP contribution in [0.5, 0.6) is 0 Å². The summed E-state index contributed by atoms with van der Waals surface area (Å²) < 4.78 is 24.6. The molecule has 0 aliphatic carbocycles. The molecule has 2 atom stereocenters. The molecule has 11 nitrogen and oxygen atoms in total. The second kappa shape index (κ2) is 11.6. The van der Waals surface area contributed by atoms with E-state index in [-0.39, 0.29) is 12.4 Å². The van der Waals surface area contributed by atoms with Gasteiger partial charge in [0.1, 0.15) is 0 Å². The molecule has 178 valence electrons. The van der Waals surface area contributed by atoms with E-state index in [9.17, 15) is 18.0 Å². The lowest BCUT2D eigenvalue weighted by atomic mass is 10.00. The van der Waals surface area contributed by atoms with Gasteiger partial charge in [-0.2, -0.15) is 0 Å². The van der Waals surface area contributed by atoms with E-state index in [1.54, 1.807) is 6.07 Å². The second-order valence-electron chi connectivity index (χ2n) is 7.21. The van der Waals surface area contributed by atoms with Gasteiger partial charge in [0.25, 0.3) is 0 Å². The molecule has 2 rings (SSSR count). The van der Waals surface area contributed by atoms with Crippen molar-refractivity contribution in [1.82, 2.24) is 20.9 Å². The van der Waals surface area contributed by atoms with Crippen LogP contribution in [-0.2, 0) is 26.0 Å². The lowest BCUT2D eigenvalue weighted by molar-refractivity contribution is -0.123. The molecule has 0 heterocycles. The second-order valence-corrected chi connectivity index (χ2v) is 9.39. The van der Waals surface area contributed by atoms with Crippen molar-refractivity contribution >= 4 is 39.4 Å². The minimum atomic E-state index is -3.75. The van der Waals surface area contributed by atoms with Gasteiger partial charge in [-0.1, -0.05) is 48.0 Å². The topological polar surface area (TPSA) is 181 Å². The molecular weight excluding hydrogens is 470 g/mol. The van der Waals surface area contributed by atoms with Gasteiger partial charge in [-0.05, 0) is 42.2 Å². The van der Waals surface area contributed by atoms with Crippen LogP contribution in [0.15, 0.2) is 53.6 Å². The first kappa shape index (κ1) is 26.1. The first-order valence-corrected chi connectivity index (χ1v) is 12.0. The fourth-order valence-electron chi connectivity index (χ4n) is 2.92. The minimum Gasteiger partial charge on any atom is -0.368 e. The molecule has 8 N–H and O–H groups in total. The number of carbonyl (C=O) groups is 2. The van der Waals surface area contributed by atoms with Crippen LogP contribution in [0, 0.1) is 0 Å². The quantitative estimate of drug-likeness (QED) is 0.119. The van der Waals surface area contributed by atoms with Gasteiger partial charge in [-0.15, -0.1) is 5.10 Å². The fourth-order valence-corrected chi connectivity index (χ4v) is 3.66. The average Bonchev–Trinajstić information content (AvgIpc) is 2.72. The van der Waals surface area contributed by atoms with Gasteiger partial charge < -0.3 is 5.73 Å². The summed E-state index contributed by atoms with van der Waals surface area (Å²) in [6.07, 6.45) is 1.03. The van der Waals surface area contributed by atoms with E-state index >= 15 is 0 Å². The van der Waals surface area contributed by atoms with Crippen molar-refractivity contribution in [3.8, 4) is 11.1 Å². The zero-order chi connectivity index (χ0) is 24.6. The number of nitrogens with two attached hydrogens (primary N) is 2. The Labute approximate surface area is 197 Å². The van der Waals surface area contributed by atoms with Gasteiger partial charge in [0, 0.05) is 5.02 Å². The minimum absolute atomic E-state index is 0.168. The first-order valence-electron chi connectivity index (χ1n) is 9.70. The standard InChI is InChI=1S/C20H26ClN7O4S/c1-12(18(29)27-33(2,31)32)24-17(19(30)25-20(22)26-28-23)10-13-6-8-14(9-7-13)15-4-3-5-16(21)11-15/h3-9,11-12,17,24,28H,10,23H2,1-2H3,(H,27,29)(H3,22,25,26,30)/t12-,17-/m0/s1. The highest BCUT2D eigenvalue weighted by atomic mass is 35.5. The van der Waals surface area contributed by atoms with Crippen molar-refractivity contribution in [3.05, 3.63) is 59.1 Å². The van der Waals surface area contributed by atoms with E-state index < -0.39 is 33.9 Å². The number of guanidine groups is 1. The van der Waals surface area contributed by atoms with Crippen LogP contribution < -0.4 is 32.5 Å². The van der Waals surface area contributed by atoms with Crippen molar-refractivity contribution in [2.75, 3.05) is 6.26 Å².